The lowest BCUT2D eigenvalue weighted by Crippen LogP contribution is -2.36. The minimum atomic E-state index is -0.290. The molecule has 0 aliphatic heterocycles. The summed E-state index contributed by atoms with van der Waals surface area (Å²) in [5, 5.41) is 6.36. The molecule has 6 nitrogen and oxygen atoms in total. The number of nitrogens with zero attached hydrogens (tertiary/aromatic N) is 4. The third-order valence-corrected chi connectivity index (χ3v) is 3.94. The van der Waals surface area contributed by atoms with Gasteiger partial charge in [-0.2, -0.15) is 0 Å². The number of hydrogen-bond acceptors (Lipinski definition) is 3. The summed E-state index contributed by atoms with van der Waals surface area (Å²) in [7, 11) is 1.69. The summed E-state index contributed by atoms with van der Waals surface area (Å²) in [4.78, 5) is 12.6. The molecule has 0 saturated carbocycles. The molecule has 27 heavy (non-hydrogen) atoms. The summed E-state index contributed by atoms with van der Waals surface area (Å²) in [6.07, 6.45) is 5.15. The average Bonchev–Trinajstić information content (AvgIpc) is 3.08. The van der Waals surface area contributed by atoms with Gasteiger partial charge in [0.15, 0.2) is 5.96 Å². The molecule has 8 heteroatoms. The van der Waals surface area contributed by atoms with Crippen molar-refractivity contribution in [2.45, 2.75) is 20.0 Å². The normalized spacial score (nSPS) is 11.0. The number of benzene rings is 1. The van der Waals surface area contributed by atoms with Crippen LogP contribution in [0.1, 0.15) is 17.1 Å². The molecule has 2 N–H and O–H groups in total. The Morgan fingerprint density at radius 1 is 1.11 bits per heavy atom. The standard InChI is InChI=1S/C19H21FN6.HI/c1-14-22-9-10-26(14)18-7-6-15(11-17(18)20)12-24-19(21-2)25-13-16-5-3-4-8-23-16;/h3-11H,12-13H2,1-2H3,(H2,21,24,25);1H. The van der Waals surface area contributed by atoms with Gasteiger partial charge in [0, 0.05) is 32.2 Å². The smallest absolute Gasteiger partial charge is 0.191 e. The summed E-state index contributed by atoms with van der Waals surface area (Å²) in [6, 6.07) is 10.9. The number of halogens is 2. The number of guanidine groups is 1. The van der Waals surface area contributed by atoms with Gasteiger partial charge in [0.1, 0.15) is 11.6 Å². The van der Waals surface area contributed by atoms with E-state index in [-0.39, 0.29) is 29.8 Å². The summed E-state index contributed by atoms with van der Waals surface area (Å²) in [5.41, 5.74) is 2.23. The highest BCUT2D eigenvalue weighted by atomic mass is 127. The minimum Gasteiger partial charge on any atom is -0.352 e. The molecule has 2 heterocycles. The average molecular weight is 480 g/mol. The molecule has 2 aromatic heterocycles. The van der Waals surface area contributed by atoms with Crippen LogP contribution in [0.5, 0.6) is 0 Å². The lowest BCUT2D eigenvalue weighted by atomic mass is 10.2. The van der Waals surface area contributed by atoms with Gasteiger partial charge < -0.3 is 15.2 Å². The monoisotopic (exact) mass is 480 g/mol. The first kappa shape index (κ1) is 20.8. The number of nitrogens with one attached hydrogen (secondary N) is 2. The molecule has 0 radical (unpaired) electrons. The van der Waals surface area contributed by atoms with Crippen molar-refractivity contribution in [3.8, 4) is 5.69 Å². The maximum absolute atomic E-state index is 14.4. The van der Waals surface area contributed by atoms with Crippen LogP contribution in [0, 0.1) is 12.7 Å². The Hall–Kier alpha value is -2.49. The van der Waals surface area contributed by atoms with Crippen LogP contribution in [-0.2, 0) is 13.1 Å². The van der Waals surface area contributed by atoms with Gasteiger partial charge in [-0.3, -0.25) is 9.98 Å². The van der Waals surface area contributed by atoms with Gasteiger partial charge in [0.2, 0.25) is 0 Å². The van der Waals surface area contributed by atoms with E-state index in [1.165, 1.54) is 6.07 Å². The predicted octanol–water partition coefficient (Wildman–Crippen LogP) is 3.20. The van der Waals surface area contributed by atoms with Gasteiger partial charge in [0.05, 0.1) is 17.9 Å². The van der Waals surface area contributed by atoms with Gasteiger partial charge in [-0.05, 0) is 36.8 Å². The van der Waals surface area contributed by atoms with E-state index in [2.05, 4.69) is 25.6 Å². The van der Waals surface area contributed by atoms with E-state index >= 15 is 0 Å². The predicted molar refractivity (Wildman–Crippen MR) is 115 cm³/mol. The van der Waals surface area contributed by atoms with Crippen LogP contribution in [-0.4, -0.2) is 27.5 Å². The van der Waals surface area contributed by atoms with Crippen molar-refractivity contribution in [1.29, 1.82) is 0 Å². The fourth-order valence-corrected chi connectivity index (χ4v) is 2.57. The van der Waals surface area contributed by atoms with E-state index in [1.807, 2.05) is 31.2 Å². The van der Waals surface area contributed by atoms with Crippen LogP contribution in [0.4, 0.5) is 4.39 Å². The first-order valence-electron chi connectivity index (χ1n) is 8.30. The Morgan fingerprint density at radius 3 is 2.56 bits per heavy atom. The minimum absolute atomic E-state index is 0. The summed E-state index contributed by atoms with van der Waals surface area (Å²) in [6.45, 7) is 2.86. The van der Waals surface area contributed by atoms with E-state index in [4.69, 9.17) is 0 Å². The molecule has 3 rings (SSSR count). The molecule has 0 saturated heterocycles. The van der Waals surface area contributed by atoms with E-state index in [9.17, 15) is 4.39 Å². The molecule has 3 aromatic rings. The topological polar surface area (TPSA) is 67.1 Å². The maximum Gasteiger partial charge on any atom is 0.191 e. The van der Waals surface area contributed by atoms with Crippen LogP contribution in [0.15, 0.2) is 60.0 Å². The zero-order valence-corrected chi connectivity index (χ0v) is 17.5. The number of imidazole rings is 1. The quantitative estimate of drug-likeness (QED) is 0.335. The molecule has 142 valence electrons. The summed E-state index contributed by atoms with van der Waals surface area (Å²) in [5.74, 6) is 1.08. The highest BCUT2D eigenvalue weighted by molar-refractivity contribution is 14.0. The third-order valence-electron chi connectivity index (χ3n) is 3.94. The van der Waals surface area contributed by atoms with Crippen LogP contribution >= 0.6 is 24.0 Å². The Bertz CT molecular complexity index is 894. The van der Waals surface area contributed by atoms with E-state index < -0.39 is 0 Å². The lowest BCUT2D eigenvalue weighted by molar-refractivity contribution is 0.613. The van der Waals surface area contributed by atoms with Crippen LogP contribution in [0.3, 0.4) is 0 Å². The number of aromatic nitrogens is 3. The van der Waals surface area contributed by atoms with Crippen LogP contribution in [0.25, 0.3) is 5.69 Å². The molecule has 0 spiro atoms. The van der Waals surface area contributed by atoms with E-state index in [0.717, 1.165) is 17.1 Å². The van der Waals surface area contributed by atoms with Crippen molar-refractivity contribution >= 4 is 29.9 Å². The second kappa shape index (κ2) is 10.0. The van der Waals surface area contributed by atoms with Crippen LogP contribution < -0.4 is 10.6 Å². The molecule has 0 fully saturated rings. The van der Waals surface area contributed by atoms with Crippen molar-refractivity contribution in [2.24, 2.45) is 4.99 Å². The number of hydrogen-bond donors (Lipinski definition) is 2. The Morgan fingerprint density at radius 2 is 1.93 bits per heavy atom. The van der Waals surface area contributed by atoms with Gasteiger partial charge in [0.25, 0.3) is 0 Å². The number of pyridine rings is 1. The SMILES string of the molecule is CN=C(NCc1ccc(-n2ccnc2C)c(F)c1)NCc1ccccn1.I. The van der Waals surface area contributed by atoms with Gasteiger partial charge >= 0.3 is 0 Å². The van der Waals surface area contributed by atoms with E-state index in [0.29, 0.717) is 24.7 Å². The first-order valence-corrected chi connectivity index (χ1v) is 8.30. The number of aryl methyl sites for hydroxylation is 1. The van der Waals surface area contributed by atoms with Crippen molar-refractivity contribution in [2.75, 3.05) is 7.05 Å². The van der Waals surface area contributed by atoms with Crippen molar-refractivity contribution in [1.82, 2.24) is 25.2 Å². The fraction of sp³-hybridized carbons (Fsp3) is 0.211. The van der Waals surface area contributed by atoms with Gasteiger partial charge in [-0.1, -0.05) is 12.1 Å². The molecular weight excluding hydrogens is 458 g/mol. The Kier molecular flexibility index (Phi) is 7.71. The van der Waals surface area contributed by atoms with Crippen LogP contribution in [0.2, 0.25) is 0 Å². The number of aliphatic imine (C=N–C) groups is 1. The van der Waals surface area contributed by atoms with Crippen molar-refractivity contribution < 1.29 is 4.39 Å². The molecular formula is C19H22FIN6. The second-order valence-electron chi connectivity index (χ2n) is 5.73. The molecule has 1 aromatic carbocycles. The highest BCUT2D eigenvalue weighted by Crippen LogP contribution is 2.16. The molecule has 0 aliphatic carbocycles. The zero-order valence-electron chi connectivity index (χ0n) is 15.2. The summed E-state index contributed by atoms with van der Waals surface area (Å²) < 4.78 is 16.2. The van der Waals surface area contributed by atoms with E-state index in [1.54, 1.807) is 36.3 Å². The highest BCUT2D eigenvalue weighted by Gasteiger charge is 2.08. The number of rotatable bonds is 5. The second-order valence-corrected chi connectivity index (χ2v) is 5.73. The maximum atomic E-state index is 14.4. The molecule has 0 unspecified atom stereocenters. The van der Waals surface area contributed by atoms with Crippen molar-refractivity contribution in [3.63, 3.8) is 0 Å². The molecule has 0 aliphatic rings. The first-order chi connectivity index (χ1) is 12.7. The fourth-order valence-electron chi connectivity index (χ4n) is 2.57. The zero-order chi connectivity index (χ0) is 18.4. The lowest BCUT2D eigenvalue weighted by Gasteiger charge is -2.13. The Balaban J connectivity index is 0.00000261. The molecule has 0 amide bonds. The molecule has 0 atom stereocenters. The van der Waals surface area contributed by atoms with Gasteiger partial charge in [-0.25, -0.2) is 9.37 Å². The van der Waals surface area contributed by atoms with Crippen molar-refractivity contribution in [3.05, 3.63) is 77.9 Å². The van der Waals surface area contributed by atoms with Gasteiger partial charge in [-0.15, -0.1) is 24.0 Å². The summed E-state index contributed by atoms with van der Waals surface area (Å²) >= 11 is 0. The third kappa shape index (κ3) is 5.49. The Labute approximate surface area is 175 Å². The molecule has 0 bridgehead atoms. The largest absolute Gasteiger partial charge is 0.352 e.